The number of nitrogens with zero attached hydrogens (tertiary/aromatic N) is 1. The van der Waals surface area contributed by atoms with Crippen LogP contribution in [0.1, 0.15) is 29.0 Å². The molecule has 0 saturated carbocycles. The first-order chi connectivity index (χ1) is 17.6. The Morgan fingerprint density at radius 3 is 2.43 bits per heavy atom. The Balaban J connectivity index is 1.32. The molecule has 0 bridgehead atoms. The predicted octanol–water partition coefficient (Wildman–Crippen LogP) is 3.46. The zero-order chi connectivity index (χ0) is 26.6. The van der Waals surface area contributed by atoms with E-state index in [4.69, 9.17) is 16.0 Å². The van der Waals surface area contributed by atoms with Crippen molar-refractivity contribution < 1.29 is 30.2 Å². The minimum Gasteiger partial charge on any atom is -0.446 e. The minimum atomic E-state index is -3.85. The van der Waals surface area contributed by atoms with Gasteiger partial charge < -0.3 is 15.1 Å². The fourth-order valence-corrected chi connectivity index (χ4v) is 6.14. The van der Waals surface area contributed by atoms with Crippen molar-refractivity contribution in [3.63, 3.8) is 0 Å². The SMILES string of the molecule is COS(=O)(=O)c1cccc(NC2CCN(S(=O)(=O)c3ccc(CNC(=O)c4ccc(Cl)cc4)o3)CC2)c1. The average Bonchev–Trinajstić information content (AvgIpc) is 3.38. The highest BCUT2D eigenvalue weighted by molar-refractivity contribution is 7.89. The van der Waals surface area contributed by atoms with E-state index in [1.165, 1.54) is 28.6 Å². The number of amides is 1. The molecule has 0 spiro atoms. The Morgan fingerprint density at radius 2 is 1.76 bits per heavy atom. The van der Waals surface area contributed by atoms with Gasteiger partial charge in [-0.2, -0.15) is 12.7 Å². The van der Waals surface area contributed by atoms with E-state index in [9.17, 15) is 21.6 Å². The molecule has 1 aliphatic rings. The molecule has 37 heavy (non-hydrogen) atoms. The number of furan rings is 1. The molecular weight excluding hydrogens is 542 g/mol. The smallest absolute Gasteiger partial charge is 0.296 e. The van der Waals surface area contributed by atoms with Crippen LogP contribution >= 0.6 is 11.6 Å². The zero-order valence-corrected chi connectivity index (χ0v) is 22.3. The van der Waals surface area contributed by atoms with Crippen LogP contribution in [-0.2, 0) is 30.9 Å². The Labute approximate surface area is 220 Å². The lowest BCUT2D eigenvalue weighted by Gasteiger charge is -2.31. The van der Waals surface area contributed by atoms with Crippen molar-refractivity contribution in [3.8, 4) is 0 Å². The summed E-state index contributed by atoms with van der Waals surface area (Å²) in [5.74, 6) is -0.0271. The normalized spacial score (nSPS) is 15.4. The van der Waals surface area contributed by atoms with Gasteiger partial charge in [-0.15, -0.1) is 0 Å². The van der Waals surface area contributed by atoms with Crippen LogP contribution in [0.25, 0.3) is 0 Å². The minimum absolute atomic E-state index is 0.0286. The van der Waals surface area contributed by atoms with Crippen molar-refractivity contribution in [2.75, 3.05) is 25.5 Å². The van der Waals surface area contributed by atoms with Gasteiger partial charge in [0.25, 0.3) is 26.0 Å². The molecule has 1 aliphatic heterocycles. The molecule has 10 nitrogen and oxygen atoms in total. The molecule has 1 saturated heterocycles. The fraction of sp³-hybridized carbons (Fsp3) is 0.292. The number of halogens is 1. The molecule has 0 aliphatic carbocycles. The van der Waals surface area contributed by atoms with Gasteiger partial charge in [-0.25, -0.2) is 8.42 Å². The van der Waals surface area contributed by atoms with Crippen molar-refractivity contribution in [1.82, 2.24) is 9.62 Å². The fourth-order valence-electron chi connectivity index (χ4n) is 3.90. The summed E-state index contributed by atoms with van der Waals surface area (Å²) in [7, 11) is -6.55. The molecule has 0 atom stereocenters. The van der Waals surface area contributed by atoms with Gasteiger partial charge in [0, 0.05) is 35.4 Å². The van der Waals surface area contributed by atoms with E-state index >= 15 is 0 Å². The Kier molecular flexibility index (Phi) is 8.24. The van der Waals surface area contributed by atoms with Crippen LogP contribution in [0.5, 0.6) is 0 Å². The molecule has 1 amide bonds. The summed E-state index contributed by atoms with van der Waals surface area (Å²) in [5.41, 5.74) is 1.03. The number of benzene rings is 2. The van der Waals surface area contributed by atoms with E-state index in [-0.39, 0.29) is 41.6 Å². The molecule has 3 aromatic rings. The van der Waals surface area contributed by atoms with Crippen LogP contribution in [0, 0.1) is 0 Å². The van der Waals surface area contributed by atoms with Crippen LogP contribution in [0.3, 0.4) is 0 Å². The molecule has 0 radical (unpaired) electrons. The molecule has 4 rings (SSSR count). The van der Waals surface area contributed by atoms with Gasteiger partial charge in [0.15, 0.2) is 0 Å². The monoisotopic (exact) mass is 567 g/mol. The van der Waals surface area contributed by atoms with E-state index < -0.39 is 20.1 Å². The zero-order valence-electron chi connectivity index (χ0n) is 19.9. The van der Waals surface area contributed by atoms with Gasteiger partial charge >= 0.3 is 0 Å². The summed E-state index contributed by atoms with van der Waals surface area (Å²) >= 11 is 5.83. The Bertz CT molecular complexity index is 1460. The molecule has 198 valence electrons. The van der Waals surface area contributed by atoms with Crippen LogP contribution in [0.15, 0.2) is 75.1 Å². The summed E-state index contributed by atoms with van der Waals surface area (Å²) < 4.78 is 61.5. The first kappa shape index (κ1) is 27.1. The maximum Gasteiger partial charge on any atom is 0.296 e. The van der Waals surface area contributed by atoms with Crippen LogP contribution < -0.4 is 10.6 Å². The molecule has 2 aromatic carbocycles. The second kappa shape index (κ2) is 11.2. The summed E-state index contributed by atoms with van der Waals surface area (Å²) in [6.07, 6.45) is 1.04. The molecule has 2 heterocycles. The van der Waals surface area contributed by atoms with Crippen molar-refractivity contribution in [1.29, 1.82) is 0 Å². The number of rotatable bonds is 9. The van der Waals surface area contributed by atoms with E-state index in [1.54, 1.807) is 36.4 Å². The van der Waals surface area contributed by atoms with Gasteiger partial charge in [0.1, 0.15) is 5.76 Å². The van der Waals surface area contributed by atoms with Crippen LogP contribution in [-0.4, -0.2) is 53.3 Å². The second-order valence-electron chi connectivity index (χ2n) is 8.38. The molecular formula is C24H26ClN3O7S2. The standard InChI is InChI=1S/C24H26ClN3O7S2/c1-34-37(32,33)22-4-2-3-20(15-22)27-19-11-13-28(14-12-19)36(30,31)23-10-9-21(35-23)16-26-24(29)17-5-7-18(25)8-6-17/h2-10,15,19,27H,11-14,16H2,1H3,(H,26,29). The number of sulfonamides is 1. The van der Waals surface area contributed by atoms with E-state index in [0.29, 0.717) is 34.9 Å². The highest BCUT2D eigenvalue weighted by Gasteiger charge is 2.32. The third-order valence-electron chi connectivity index (χ3n) is 5.93. The first-order valence-corrected chi connectivity index (χ1v) is 14.6. The summed E-state index contributed by atoms with van der Waals surface area (Å²) in [6.45, 7) is 0.555. The maximum absolute atomic E-state index is 13.1. The Hall–Kier alpha value is -2.90. The number of hydrogen-bond acceptors (Lipinski definition) is 8. The number of nitrogens with one attached hydrogen (secondary N) is 2. The summed E-state index contributed by atoms with van der Waals surface area (Å²) in [6, 6.07) is 15.5. The van der Waals surface area contributed by atoms with Gasteiger partial charge in [-0.05, 0) is 67.4 Å². The lowest BCUT2D eigenvalue weighted by Crippen LogP contribution is -2.42. The maximum atomic E-state index is 13.1. The second-order valence-corrected chi connectivity index (χ2v) is 12.4. The number of piperidine rings is 1. The third kappa shape index (κ3) is 6.51. The number of anilines is 1. The lowest BCUT2D eigenvalue weighted by molar-refractivity contribution is 0.0947. The van der Waals surface area contributed by atoms with Gasteiger partial charge in [-0.3, -0.25) is 8.98 Å². The predicted molar refractivity (Wildman–Crippen MR) is 137 cm³/mol. The van der Waals surface area contributed by atoms with Crippen LogP contribution in [0.2, 0.25) is 5.02 Å². The van der Waals surface area contributed by atoms with Crippen molar-refractivity contribution in [2.45, 2.75) is 35.4 Å². The topological polar surface area (TPSA) is 135 Å². The van der Waals surface area contributed by atoms with E-state index in [2.05, 4.69) is 14.8 Å². The van der Waals surface area contributed by atoms with Crippen molar-refractivity contribution in [3.05, 3.63) is 77.0 Å². The molecule has 0 unspecified atom stereocenters. The quantitative estimate of drug-likeness (QED) is 0.375. The van der Waals surface area contributed by atoms with E-state index in [1.807, 2.05) is 0 Å². The van der Waals surface area contributed by atoms with Crippen molar-refractivity contribution >= 4 is 43.3 Å². The summed E-state index contributed by atoms with van der Waals surface area (Å²) in [4.78, 5) is 12.3. The van der Waals surface area contributed by atoms with E-state index in [0.717, 1.165) is 7.11 Å². The van der Waals surface area contributed by atoms with Gasteiger partial charge in [-0.1, -0.05) is 17.7 Å². The van der Waals surface area contributed by atoms with Crippen LogP contribution in [0.4, 0.5) is 5.69 Å². The Morgan fingerprint density at radius 1 is 1.05 bits per heavy atom. The average molecular weight is 568 g/mol. The van der Waals surface area contributed by atoms with Gasteiger partial charge in [0.05, 0.1) is 18.6 Å². The van der Waals surface area contributed by atoms with Gasteiger partial charge in [0.2, 0.25) is 5.09 Å². The molecule has 1 fully saturated rings. The number of carbonyl (C=O) groups excluding carboxylic acids is 1. The highest BCUT2D eigenvalue weighted by Crippen LogP contribution is 2.25. The first-order valence-electron chi connectivity index (χ1n) is 11.4. The molecule has 1 aromatic heterocycles. The highest BCUT2D eigenvalue weighted by atomic mass is 35.5. The lowest BCUT2D eigenvalue weighted by atomic mass is 10.1. The third-order valence-corrected chi connectivity index (χ3v) is 9.22. The largest absolute Gasteiger partial charge is 0.446 e. The molecule has 2 N–H and O–H groups in total. The van der Waals surface area contributed by atoms with Crippen molar-refractivity contribution in [2.24, 2.45) is 0 Å². The number of carbonyl (C=O) groups is 1. The molecule has 13 heteroatoms. The summed E-state index contributed by atoms with van der Waals surface area (Å²) in [5, 5.41) is 6.28. The number of hydrogen-bond donors (Lipinski definition) is 2.